The average molecular weight is 456 g/mol. The molecule has 0 atom stereocenters. The first-order valence-electron chi connectivity index (χ1n) is 10.9. The molecular weight excluding hydrogens is 426 g/mol. The van der Waals surface area contributed by atoms with Crippen LogP contribution in [-0.2, 0) is 16.4 Å². The van der Waals surface area contributed by atoms with Gasteiger partial charge in [0, 0.05) is 30.2 Å². The number of sulfonamides is 1. The summed E-state index contributed by atoms with van der Waals surface area (Å²) in [5.41, 5.74) is 1.15. The highest BCUT2D eigenvalue weighted by molar-refractivity contribution is 8.04. The Morgan fingerprint density at radius 3 is 2.48 bits per heavy atom. The molecule has 0 N–H and O–H groups in total. The van der Waals surface area contributed by atoms with Crippen LogP contribution in [0.3, 0.4) is 0 Å². The number of aromatic nitrogens is 1. The number of hydrogen-bond donors (Lipinski definition) is 0. The van der Waals surface area contributed by atoms with Gasteiger partial charge in [-0.05, 0) is 73.9 Å². The van der Waals surface area contributed by atoms with E-state index in [-0.39, 0.29) is 6.04 Å². The molecule has 4 rings (SSSR count). The molecule has 164 valence electrons. The summed E-state index contributed by atoms with van der Waals surface area (Å²) in [5, 5.41) is 0. The number of rotatable bonds is 7. The second kappa shape index (κ2) is 10.0. The smallest absolute Gasteiger partial charge is 0.243 e. The number of aryl methyl sites for hydroxylation is 1. The molecule has 0 saturated carbocycles. The first kappa shape index (κ1) is 22.1. The molecule has 1 aliphatic carbocycles. The van der Waals surface area contributed by atoms with E-state index in [2.05, 4.69) is 34.4 Å². The molecule has 1 aliphatic heterocycles. The van der Waals surface area contributed by atoms with Gasteiger partial charge in [0.25, 0.3) is 0 Å². The second-order valence-corrected chi connectivity index (χ2v) is 10.8. The van der Waals surface area contributed by atoms with Crippen molar-refractivity contribution in [3.63, 3.8) is 0 Å². The Morgan fingerprint density at radius 2 is 1.87 bits per heavy atom. The van der Waals surface area contributed by atoms with Crippen molar-refractivity contribution in [1.82, 2.24) is 9.29 Å². The lowest BCUT2D eigenvalue weighted by atomic mass is 10.1. The highest BCUT2D eigenvalue weighted by atomic mass is 32.2. The van der Waals surface area contributed by atoms with E-state index >= 15 is 0 Å². The number of anilines is 1. The molecule has 0 unspecified atom stereocenters. The van der Waals surface area contributed by atoms with Crippen LogP contribution < -0.4 is 4.31 Å². The third-order valence-electron chi connectivity index (χ3n) is 5.76. The van der Waals surface area contributed by atoms with Crippen LogP contribution in [0.2, 0.25) is 0 Å². The van der Waals surface area contributed by atoms with Crippen LogP contribution in [0.1, 0.15) is 38.2 Å². The Hall–Kier alpha value is -2.09. The number of piperidine rings is 1. The van der Waals surface area contributed by atoms with Crippen LogP contribution in [0.25, 0.3) is 0 Å². The lowest BCUT2D eigenvalue weighted by molar-refractivity contribution is 0.322. The molecule has 5 nitrogen and oxygen atoms in total. The van der Waals surface area contributed by atoms with Crippen molar-refractivity contribution < 1.29 is 8.42 Å². The minimum atomic E-state index is -3.46. The summed E-state index contributed by atoms with van der Waals surface area (Å²) in [6, 6.07) is 13.5. The van der Waals surface area contributed by atoms with E-state index in [4.69, 9.17) is 0 Å². The Bertz CT molecular complexity index is 1030. The first-order valence-corrected chi connectivity index (χ1v) is 13.1. The van der Waals surface area contributed by atoms with Crippen molar-refractivity contribution in [1.29, 1.82) is 0 Å². The van der Waals surface area contributed by atoms with Gasteiger partial charge in [-0.3, -0.25) is 4.31 Å². The van der Waals surface area contributed by atoms with Crippen LogP contribution in [-0.4, -0.2) is 36.8 Å². The van der Waals surface area contributed by atoms with Crippen molar-refractivity contribution in [3.05, 3.63) is 77.4 Å². The number of nitrogens with zero attached hydrogens (tertiary/aromatic N) is 3. The van der Waals surface area contributed by atoms with Gasteiger partial charge in [0.1, 0.15) is 5.82 Å². The maximum Gasteiger partial charge on any atom is 0.243 e. The van der Waals surface area contributed by atoms with Crippen LogP contribution in [0.4, 0.5) is 5.82 Å². The fraction of sp³-hybridized carbons (Fsp3) is 0.375. The lowest BCUT2D eigenvalue weighted by Gasteiger charge is -2.38. The van der Waals surface area contributed by atoms with Crippen molar-refractivity contribution in [2.75, 3.05) is 17.4 Å². The van der Waals surface area contributed by atoms with Gasteiger partial charge in [0.15, 0.2) is 0 Å². The van der Waals surface area contributed by atoms with Gasteiger partial charge < -0.3 is 0 Å². The van der Waals surface area contributed by atoms with E-state index in [1.54, 1.807) is 28.4 Å². The first-order chi connectivity index (χ1) is 15.1. The van der Waals surface area contributed by atoms with Crippen LogP contribution in [0, 0.1) is 0 Å². The molecule has 0 radical (unpaired) electrons. The summed E-state index contributed by atoms with van der Waals surface area (Å²) in [6.07, 6.45) is 13.0. The monoisotopic (exact) mass is 455 g/mol. The van der Waals surface area contributed by atoms with Crippen LogP contribution in [0.5, 0.6) is 0 Å². The molecule has 1 fully saturated rings. The Morgan fingerprint density at radius 1 is 1.10 bits per heavy atom. The molecule has 2 heterocycles. The molecule has 0 amide bonds. The Labute approximate surface area is 190 Å². The minimum Gasteiger partial charge on any atom is -0.293 e. The van der Waals surface area contributed by atoms with Crippen molar-refractivity contribution in [2.24, 2.45) is 0 Å². The predicted octanol–water partition coefficient (Wildman–Crippen LogP) is 5.19. The van der Waals surface area contributed by atoms with Gasteiger partial charge in [-0.2, -0.15) is 4.31 Å². The minimum absolute atomic E-state index is 0.227. The van der Waals surface area contributed by atoms with Gasteiger partial charge in [-0.15, -0.1) is 0 Å². The summed E-state index contributed by atoms with van der Waals surface area (Å²) < 4.78 is 30.1. The van der Waals surface area contributed by atoms with E-state index < -0.39 is 10.0 Å². The normalized spacial score (nSPS) is 18.0. The SMILES string of the molecule is CCc1ccc(S(=O)(=O)N2CCC(N(SC3=CCCC=C3)c3ccccn3)CC2)cc1. The van der Waals surface area contributed by atoms with E-state index in [1.165, 1.54) is 4.91 Å². The molecule has 7 heteroatoms. The highest BCUT2D eigenvalue weighted by Crippen LogP contribution is 2.35. The van der Waals surface area contributed by atoms with Gasteiger partial charge in [0.2, 0.25) is 10.0 Å². The summed E-state index contributed by atoms with van der Waals surface area (Å²) >= 11 is 1.71. The van der Waals surface area contributed by atoms with Crippen LogP contribution in [0.15, 0.2) is 76.7 Å². The molecule has 0 bridgehead atoms. The Kier molecular flexibility index (Phi) is 7.15. The van der Waals surface area contributed by atoms with Crippen LogP contribution >= 0.6 is 11.9 Å². The number of pyridine rings is 1. The zero-order valence-corrected chi connectivity index (χ0v) is 19.5. The molecular formula is C24H29N3O2S2. The number of hydrogen-bond acceptors (Lipinski definition) is 5. The summed E-state index contributed by atoms with van der Waals surface area (Å²) in [4.78, 5) is 6.18. The molecule has 2 aromatic rings. The summed E-state index contributed by atoms with van der Waals surface area (Å²) in [5.74, 6) is 0.920. The van der Waals surface area contributed by atoms with Crippen molar-refractivity contribution >= 4 is 27.8 Å². The van der Waals surface area contributed by atoms with Crippen molar-refractivity contribution in [3.8, 4) is 0 Å². The average Bonchev–Trinajstić information content (AvgIpc) is 2.84. The molecule has 2 aliphatic rings. The number of benzene rings is 1. The zero-order valence-electron chi connectivity index (χ0n) is 17.9. The third kappa shape index (κ3) is 5.22. The maximum atomic E-state index is 13.1. The Balaban J connectivity index is 1.48. The van der Waals surface area contributed by atoms with Gasteiger partial charge in [-0.1, -0.05) is 43.4 Å². The quantitative estimate of drug-likeness (QED) is 0.538. The lowest BCUT2D eigenvalue weighted by Crippen LogP contribution is -2.45. The van der Waals surface area contributed by atoms with Gasteiger partial charge in [0.05, 0.1) is 4.90 Å². The second-order valence-electron chi connectivity index (χ2n) is 7.82. The molecule has 31 heavy (non-hydrogen) atoms. The van der Waals surface area contributed by atoms with E-state index in [1.807, 2.05) is 36.5 Å². The maximum absolute atomic E-state index is 13.1. The van der Waals surface area contributed by atoms with Crippen molar-refractivity contribution in [2.45, 2.75) is 50.0 Å². The fourth-order valence-corrected chi connectivity index (χ4v) is 6.53. The van der Waals surface area contributed by atoms with Gasteiger partial charge in [-0.25, -0.2) is 13.4 Å². The standard InChI is InChI=1S/C24H29N3O2S2/c1-2-20-11-13-23(14-12-20)31(28,29)26-18-15-21(16-19-26)27(24-10-6-7-17-25-24)30-22-8-4-3-5-9-22/h4,6-14,17,21H,2-3,5,15-16,18-19H2,1H3. The zero-order chi connectivity index (χ0) is 21.7. The van der Waals surface area contributed by atoms with E-state index in [0.29, 0.717) is 18.0 Å². The molecule has 1 aromatic carbocycles. The summed E-state index contributed by atoms with van der Waals surface area (Å²) in [7, 11) is -3.46. The third-order valence-corrected chi connectivity index (χ3v) is 8.87. The largest absolute Gasteiger partial charge is 0.293 e. The fourth-order valence-electron chi connectivity index (χ4n) is 3.93. The van der Waals surface area contributed by atoms with E-state index in [0.717, 1.165) is 43.5 Å². The van der Waals surface area contributed by atoms with Gasteiger partial charge >= 0.3 is 0 Å². The highest BCUT2D eigenvalue weighted by Gasteiger charge is 2.32. The molecule has 1 aromatic heterocycles. The van der Waals surface area contributed by atoms with E-state index in [9.17, 15) is 8.42 Å². The predicted molar refractivity (Wildman–Crippen MR) is 128 cm³/mol. The number of allylic oxidation sites excluding steroid dienone is 3. The topological polar surface area (TPSA) is 53.5 Å². The summed E-state index contributed by atoms with van der Waals surface area (Å²) in [6.45, 7) is 3.10. The molecule has 0 spiro atoms. The molecule has 1 saturated heterocycles.